The molecule has 2 amide bonds. The molecule has 0 aromatic rings. The minimum Gasteiger partial charge on any atom is -0.274 e. The topological polar surface area (TPSA) is 53.0 Å². The number of aliphatic imine (C=N–C) groups is 1. The minimum atomic E-state index is -0.570. The molecule has 0 saturated carbocycles. The molecule has 21 heavy (non-hydrogen) atoms. The molecule has 0 radical (unpaired) electrons. The highest BCUT2D eigenvalue weighted by Gasteiger charge is 2.49. The van der Waals surface area contributed by atoms with Gasteiger partial charge in [0.15, 0.2) is 0 Å². The van der Waals surface area contributed by atoms with Crippen LogP contribution >= 0.6 is 0 Å². The van der Waals surface area contributed by atoms with Crippen LogP contribution in [0.1, 0.15) is 41.0 Å². The van der Waals surface area contributed by atoms with Crippen molar-refractivity contribution in [2.75, 3.05) is 6.54 Å². The van der Waals surface area contributed by atoms with Crippen LogP contribution in [0.25, 0.3) is 0 Å². The van der Waals surface area contributed by atoms with Crippen molar-refractivity contribution in [3.63, 3.8) is 0 Å². The third-order valence-corrected chi connectivity index (χ3v) is 3.79. The summed E-state index contributed by atoms with van der Waals surface area (Å²) < 4.78 is 0. The fourth-order valence-corrected chi connectivity index (χ4v) is 2.82. The molecule has 5 heteroatoms. The van der Waals surface area contributed by atoms with Gasteiger partial charge in [0.1, 0.15) is 0 Å². The molecule has 5 nitrogen and oxygen atoms in total. The van der Waals surface area contributed by atoms with E-state index in [-0.39, 0.29) is 24.3 Å². The zero-order valence-electron chi connectivity index (χ0n) is 13.4. The highest BCUT2D eigenvalue weighted by atomic mass is 16.2. The summed E-state index contributed by atoms with van der Waals surface area (Å²) in [6.45, 7) is 13.9. The average molecular weight is 289 g/mol. The van der Waals surface area contributed by atoms with Gasteiger partial charge in [-0.3, -0.25) is 19.4 Å². The van der Waals surface area contributed by atoms with Gasteiger partial charge >= 0.3 is 0 Å². The van der Waals surface area contributed by atoms with Crippen molar-refractivity contribution in [3.05, 3.63) is 23.8 Å². The van der Waals surface area contributed by atoms with Crippen molar-refractivity contribution in [3.8, 4) is 0 Å². The predicted molar refractivity (Wildman–Crippen MR) is 82.7 cm³/mol. The Labute approximate surface area is 126 Å². The van der Waals surface area contributed by atoms with Crippen LogP contribution in [-0.2, 0) is 9.59 Å². The smallest absolute Gasteiger partial charge is 0.253 e. The van der Waals surface area contributed by atoms with Crippen molar-refractivity contribution in [2.45, 2.75) is 52.6 Å². The van der Waals surface area contributed by atoms with Crippen molar-refractivity contribution in [1.82, 2.24) is 9.80 Å². The number of guanidine groups is 1. The Kier molecular flexibility index (Phi) is 3.78. The van der Waals surface area contributed by atoms with Gasteiger partial charge in [0.2, 0.25) is 11.9 Å². The van der Waals surface area contributed by atoms with E-state index in [0.29, 0.717) is 12.5 Å². The Morgan fingerprint density at radius 2 is 2.00 bits per heavy atom. The molecule has 2 heterocycles. The standard InChI is InChI=1S/C16H23N3O2/c1-10(2)7-13(20)19-15-17-9-12(11(3)4)18(15)14(21)8-16(19,5)6/h7,12H,3,8-9H2,1-2,4-6H3/t12-/m0/s1. The molecule has 1 fully saturated rings. The van der Waals surface area contributed by atoms with Gasteiger partial charge in [-0.1, -0.05) is 17.7 Å². The quantitative estimate of drug-likeness (QED) is 0.577. The number of allylic oxidation sites excluding steroid dienone is 1. The van der Waals surface area contributed by atoms with E-state index in [0.717, 1.165) is 11.1 Å². The summed E-state index contributed by atoms with van der Waals surface area (Å²) in [4.78, 5) is 32.7. The zero-order chi connectivity index (χ0) is 15.9. The molecule has 2 aliphatic heterocycles. The second-order valence-electron chi connectivity index (χ2n) is 6.65. The summed E-state index contributed by atoms with van der Waals surface area (Å²) in [5.41, 5.74) is 1.24. The molecule has 2 aliphatic rings. The largest absolute Gasteiger partial charge is 0.274 e. The van der Waals surface area contributed by atoms with Gasteiger partial charge in [0.25, 0.3) is 5.91 Å². The summed E-state index contributed by atoms with van der Waals surface area (Å²) in [5.74, 6) is 0.343. The molecule has 0 spiro atoms. The lowest BCUT2D eigenvalue weighted by Crippen LogP contribution is -2.64. The van der Waals surface area contributed by atoms with E-state index in [1.54, 1.807) is 15.9 Å². The molecule has 2 rings (SSSR count). The molecule has 0 aromatic carbocycles. The highest BCUT2D eigenvalue weighted by Crippen LogP contribution is 2.33. The van der Waals surface area contributed by atoms with Crippen LogP contribution < -0.4 is 0 Å². The average Bonchev–Trinajstić information content (AvgIpc) is 2.70. The van der Waals surface area contributed by atoms with E-state index in [1.165, 1.54) is 0 Å². The van der Waals surface area contributed by atoms with E-state index in [1.807, 2.05) is 34.6 Å². The van der Waals surface area contributed by atoms with E-state index in [2.05, 4.69) is 11.6 Å². The molecular formula is C16H23N3O2. The molecule has 1 saturated heterocycles. The fourth-order valence-electron chi connectivity index (χ4n) is 2.82. The molecule has 1 atom stereocenters. The second kappa shape index (κ2) is 5.13. The Morgan fingerprint density at radius 3 is 2.52 bits per heavy atom. The zero-order valence-corrected chi connectivity index (χ0v) is 13.4. The summed E-state index contributed by atoms with van der Waals surface area (Å²) in [5, 5.41) is 0. The number of carbonyl (C=O) groups is 2. The monoisotopic (exact) mass is 289 g/mol. The molecule has 114 valence electrons. The Bertz CT molecular complexity index is 568. The Morgan fingerprint density at radius 1 is 1.38 bits per heavy atom. The second-order valence-corrected chi connectivity index (χ2v) is 6.65. The number of amides is 2. The molecular weight excluding hydrogens is 266 g/mol. The highest BCUT2D eigenvalue weighted by molar-refractivity contribution is 6.11. The van der Waals surface area contributed by atoms with E-state index < -0.39 is 5.54 Å². The number of hydrogen-bond donors (Lipinski definition) is 0. The first kappa shape index (κ1) is 15.5. The van der Waals surface area contributed by atoms with Gasteiger partial charge in [-0.25, -0.2) is 4.99 Å². The first-order chi connectivity index (χ1) is 9.65. The third-order valence-electron chi connectivity index (χ3n) is 3.79. The molecule has 0 aromatic heterocycles. The van der Waals surface area contributed by atoms with Crippen LogP contribution in [-0.4, -0.2) is 45.7 Å². The lowest BCUT2D eigenvalue weighted by atomic mass is 9.93. The fraction of sp³-hybridized carbons (Fsp3) is 0.562. The minimum absolute atomic E-state index is 0.00509. The summed E-state index contributed by atoms with van der Waals surface area (Å²) in [6, 6.07) is -0.134. The van der Waals surface area contributed by atoms with Gasteiger partial charge < -0.3 is 0 Å². The van der Waals surface area contributed by atoms with Crippen LogP contribution in [0, 0.1) is 0 Å². The van der Waals surface area contributed by atoms with Gasteiger partial charge in [-0.05, 0) is 34.6 Å². The van der Waals surface area contributed by atoms with Crippen LogP contribution in [0.4, 0.5) is 0 Å². The first-order valence-corrected chi connectivity index (χ1v) is 7.16. The van der Waals surface area contributed by atoms with Crippen LogP contribution in [0.5, 0.6) is 0 Å². The van der Waals surface area contributed by atoms with Gasteiger partial charge in [0, 0.05) is 6.08 Å². The third kappa shape index (κ3) is 2.64. The van der Waals surface area contributed by atoms with E-state index in [4.69, 9.17) is 0 Å². The number of fused-ring (bicyclic) bond motifs is 1. The number of carbonyl (C=O) groups excluding carboxylic acids is 2. The number of nitrogens with zero attached hydrogens (tertiary/aromatic N) is 3. The summed E-state index contributed by atoms with van der Waals surface area (Å²) in [6.07, 6.45) is 1.88. The maximum Gasteiger partial charge on any atom is 0.253 e. The predicted octanol–water partition coefficient (Wildman–Crippen LogP) is 2.11. The molecule has 0 bridgehead atoms. The SMILES string of the molecule is C=C(C)[C@@H]1CN=C2N1C(=O)CC(C)(C)N2C(=O)C=C(C)C. The normalized spacial score (nSPS) is 23.6. The van der Waals surface area contributed by atoms with Crippen LogP contribution in [0.2, 0.25) is 0 Å². The lowest BCUT2D eigenvalue weighted by Gasteiger charge is -2.46. The molecule has 0 unspecified atom stereocenters. The van der Waals surface area contributed by atoms with Gasteiger partial charge in [-0.15, -0.1) is 0 Å². The molecule has 0 N–H and O–H groups in total. The van der Waals surface area contributed by atoms with Gasteiger partial charge in [-0.2, -0.15) is 0 Å². The van der Waals surface area contributed by atoms with E-state index >= 15 is 0 Å². The molecule has 0 aliphatic carbocycles. The summed E-state index contributed by atoms with van der Waals surface area (Å²) >= 11 is 0. The number of rotatable bonds is 2. The Hall–Kier alpha value is -1.91. The van der Waals surface area contributed by atoms with Crippen molar-refractivity contribution >= 4 is 17.8 Å². The maximum atomic E-state index is 12.6. The number of hydrogen-bond acceptors (Lipinski definition) is 3. The lowest BCUT2D eigenvalue weighted by molar-refractivity contribution is -0.138. The maximum absolute atomic E-state index is 12.6. The van der Waals surface area contributed by atoms with Crippen LogP contribution in [0.3, 0.4) is 0 Å². The van der Waals surface area contributed by atoms with E-state index in [9.17, 15) is 9.59 Å². The Balaban J connectivity index is 2.44. The summed E-state index contributed by atoms with van der Waals surface area (Å²) in [7, 11) is 0. The van der Waals surface area contributed by atoms with Gasteiger partial charge in [0.05, 0.1) is 24.5 Å². The van der Waals surface area contributed by atoms with Crippen molar-refractivity contribution in [1.29, 1.82) is 0 Å². The van der Waals surface area contributed by atoms with Crippen LogP contribution in [0.15, 0.2) is 28.8 Å². The first-order valence-electron chi connectivity index (χ1n) is 7.16. The van der Waals surface area contributed by atoms with Crippen molar-refractivity contribution < 1.29 is 9.59 Å². The van der Waals surface area contributed by atoms with Crippen molar-refractivity contribution in [2.24, 2.45) is 4.99 Å².